The van der Waals surface area contributed by atoms with Gasteiger partial charge < -0.3 is 14.8 Å². The maximum absolute atomic E-state index is 12.7. The fourth-order valence-electron chi connectivity index (χ4n) is 3.07. The van der Waals surface area contributed by atoms with Crippen molar-refractivity contribution in [2.45, 2.75) is 0 Å². The molecule has 0 saturated carbocycles. The number of para-hydroxylation sites is 1. The summed E-state index contributed by atoms with van der Waals surface area (Å²) >= 11 is 1.44. The molecule has 2 aromatic heterocycles. The summed E-state index contributed by atoms with van der Waals surface area (Å²) in [5.41, 5.74) is 2.53. The summed E-state index contributed by atoms with van der Waals surface area (Å²) in [6.07, 6.45) is 1.73. The van der Waals surface area contributed by atoms with E-state index in [4.69, 9.17) is 9.47 Å². The Kier molecular flexibility index (Phi) is 3.79. The summed E-state index contributed by atoms with van der Waals surface area (Å²) in [5, 5.41) is 10.9. The minimum atomic E-state index is -0.147. The second-order valence-corrected chi connectivity index (χ2v) is 7.20. The summed E-state index contributed by atoms with van der Waals surface area (Å²) in [7, 11) is 0. The van der Waals surface area contributed by atoms with Crippen LogP contribution in [-0.2, 0) is 0 Å². The number of fused-ring (bicyclic) bond motifs is 2. The summed E-state index contributed by atoms with van der Waals surface area (Å²) in [5.74, 6) is 1.35. The Morgan fingerprint density at radius 3 is 2.89 bits per heavy atom. The molecule has 3 heterocycles. The van der Waals surface area contributed by atoms with Crippen molar-refractivity contribution >= 4 is 33.8 Å². The van der Waals surface area contributed by atoms with Crippen molar-refractivity contribution in [2.75, 3.05) is 18.5 Å². The highest BCUT2D eigenvalue weighted by Gasteiger charge is 2.16. The first kappa shape index (κ1) is 15.9. The van der Waals surface area contributed by atoms with E-state index in [2.05, 4.69) is 15.5 Å². The lowest BCUT2D eigenvalue weighted by Crippen LogP contribution is -2.15. The molecule has 1 aliphatic rings. The van der Waals surface area contributed by atoms with Crippen LogP contribution in [0.15, 0.2) is 54.7 Å². The lowest BCUT2D eigenvalue weighted by Gasteiger charge is -2.18. The number of H-pyrrole nitrogens is 1. The molecule has 0 bridgehead atoms. The molecule has 0 atom stereocenters. The monoisotopic (exact) mass is 377 g/mol. The summed E-state index contributed by atoms with van der Waals surface area (Å²) in [6, 6.07) is 15.3. The van der Waals surface area contributed by atoms with Gasteiger partial charge in [0.15, 0.2) is 11.5 Å². The molecule has 134 valence electrons. The van der Waals surface area contributed by atoms with Crippen molar-refractivity contribution in [2.24, 2.45) is 0 Å². The minimum absolute atomic E-state index is 0.147. The fraction of sp³-hybridized carbons (Fsp3) is 0.100. The highest BCUT2D eigenvalue weighted by Crippen LogP contribution is 2.37. The van der Waals surface area contributed by atoms with E-state index in [0.717, 1.165) is 32.8 Å². The Morgan fingerprint density at radius 1 is 1.07 bits per heavy atom. The van der Waals surface area contributed by atoms with Crippen LogP contribution in [0.3, 0.4) is 0 Å². The Bertz CT molecular complexity index is 1150. The number of amides is 1. The Balaban J connectivity index is 1.40. The lowest BCUT2D eigenvalue weighted by atomic mass is 10.1. The molecule has 0 fully saturated rings. The average Bonchev–Trinajstić information content (AvgIpc) is 3.38. The smallest absolute Gasteiger partial charge is 0.265 e. The van der Waals surface area contributed by atoms with E-state index < -0.39 is 0 Å². The molecular weight excluding hydrogens is 362 g/mol. The molecule has 1 amide bonds. The number of thiophene rings is 1. The standard InChI is InChI=1S/C20H15N3O3S/c24-20(22-14-3-1-2-13-11-21-23-19(13)14)18-7-6-17(27-18)12-4-5-15-16(10-12)26-9-8-25-15/h1-7,10-11H,8-9H2,(H,21,23)(H,22,24). The van der Waals surface area contributed by atoms with Gasteiger partial charge in [0, 0.05) is 10.3 Å². The molecule has 0 unspecified atom stereocenters. The zero-order valence-electron chi connectivity index (χ0n) is 14.2. The number of hydrogen-bond acceptors (Lipinski definition) is 5. The molecule has 0 radical (unpaired) electrons. The van der Waals surface area contributed by atoms with Gasteiger partial charge in [-0.1, -0.05) is 12.1 Å². The number of anilines is 1. The van der Waals surface area contributed by atoms with Crippen molar-refractivity contribution in [1.29, 1.82) is 0 Å². The van der Waals surface area contributed by atoms with Gasteiger partial charge in [0.1, 0.15) is 13.2 Å². The maximum Gasteiger partial charge on any atom is 0.265 e. The largest absolute Gasteiger partial charge is 0.486 e. The molecule has 27 heavy (non-hydrogen) atoms. The van der Waals surface area contributed by atoms with Crippen LogP contribution in [0, 0.1) is 0 Å². The normalized spacial score (nSPS) is 12.9. The third kappa shape index (κ3) is 2.92. The van der Waals surface area contributed by atoms with Gasteiger partial charge in [-0.2, -0.15) is 5.10 Å². The number of aromatic amines is 1. The Labute approximate surface area is 158 Å². The second kappa shape index (κ2) is 6.44. The van der Waals surface area contributed by atoms with Crippen molar-refractivity contribution in [3.63, 3.8) is 0 Å². The number of benzene rings is 2. The minimum Gasteiger partial charge on any atom is -0.486 e. The number of aromatic nitrogens is 2. The quantitative estimate of drug-likeness (QED) is 0.558. The number of nitrogens with zero attached hydrogens (tertiary/aromatic N) is 1. The highest BCUT2D eigenvalue weighted by molar-refractivity contribution is 7.17. The van der Waals surface area contributed by atoms with Crippen molar-refractivity contribution < 1.29 is 14.3 Å². The van der Waals surface area contributed by atoms with E-state index >= 15 is 0 Å². The van der Waals surface area contributed by atoms with Crippen LogP contribution < -0.4 is 14.8 Å². The number of carbonyl (C=O) groups excluding carboxylic acids is 1. The van der Waals surface area contributed by atoms with Gasteiger partial charge in [-0.05, 0) is 42.0 Å². The van der Waals surface area contributed by atoms with Crippen LogP contribution in [0.25, 0.3) is 21.3 Å². The molecular formula is C20H15N3O3S. The molecule has 0 saturated heterocycles. The number of nitrogens with one attached hydrogen (secondary N) is 2. The summed E-state index contributed by atoms with van der Waals surface area (Å²) < 4.78 is 11.2. The molecule has 1 aliphatic heterocycles. The molecule has 4 aromatic rings. The third-order valence-corrected chi connectivity index (χ3v) is 5.51. The van der Waals surface area contributed by atoms with Crippen LogP contribution in [-0.4, -0.2) is 29.3 Å². The van der Waals surface area contributed by atoms with E-state index in [1.165, 1.54) is 11.3 Å². The predicted molar refractivity (Wildman–Crippen MR) is 105 cm³/mol. The zero-order chi connectivity index (χ0) is 18.2. The van der Waals surface area contributed by atoms with Gasteiger partial charge in [-0.15, -0.1) is 11.3 Å². The second-order valence-electron chi connectivity index (χ2n) is 6.12. The van der Waals surface area contributed by atoms with E-state index in [0.29, 0.717) is 23.8 Å². The van der Waals surface area contributed by atoms with Gasteiger partial charge in [0.2, 0.25) is 0 Å². The molecule has 5 rings (SSSR count). The van der Waals surface area contributed by atoms with Gasteiger partial charge in [0.05, 0.1) is 22.3 Å². The van der Waals surface area contributed by atoms with Gasteiger partial charge in [-0.3, -0.25) is 9.89 Å². The van der Waals surface area contributed by atoms with Crippen LogP contribution in [0.1, 0.15) is 9.67 Å². The number of hydrogen-bond donors (Lipinski definition) is 2. The first-order valence-electron chi connectivity index (χ1n) is 8.51. The van der Waals surface area contributed by atoms with Crippen LogP contribution >= 0.6 is 11.3 Å². The molecule has 6 nitrogen and oxygen atoms in total. The zero-order valence-corrected chi connectivity index (χ0v) is 15.0. The van der Waals surface area contributed by atoms with Crippen molar-refractivity contribution in [3.05, 3.63) is 59.6 Å². The molecule has 0 spiro atoms. The van der Waals surface area contributed by atoms with E-state index in [1.54, 1.807) is 6.20 Å². The molecule has 2 aromatic carbocycles. The van der Waals surface area contributed by atoms with Crippen molar-refractivity contribution in [3.8, 4) is 21.9 Å². The summed E-state index contributed by atoms with van der Waals surface area (Å²) in [6.45, 7) is 1.12. The van der Waals surface area contributed by atoms with Crippen LogP contribution in [0.4, 0.5) is 5.69 Å². The molecule has 7 heteroatoms. The molecule has 0 aliphatic carbocycles. The van der Waals surface area contributed by atoms with Crippen molar-refractivity contribution in [1.82, 2.24) is 10.2 Å². The Hall–Kier alpha value is -3.32. The number of carbonyl (C=O) groups is 1. The van der Waals surface area contributed by atoms with Crippen LogP contribution in [0.5, 0.6) is 11.5 Å². The highest BCUT2D eigenvalue weighted by atomic mass is 32.1. The Morgan fingerprint density at radius 2 is 1.96 bits per heavy atom. The topological polar surface area (TPSA) is 76.2 Å². The van der Waals surface area contributed by atoms with E-state index in [9.17, 15) is 4.79 Å². The van der Waals surface area contributed by atoms with E-state index in [1.807, 2.05) is 48.5 Å². The van der Waals surface area contributed by atoms with E-state index in [-0.39, 0.29) is 5.91 Å². The lowest BCUT2D eigenvalue weighted by molar-refractivity contribution is 0.103. The maximum atomic E-state index is 12.7. The summed E-state index contributed by atoms with van der Waals surface area (Å²) in [4.78, 5) is 14.3. The van der Waals surface area contributed by atoms with Crippen LogP contribution in [0.2, 0.25) is 0 Å². The van der Waals surface area contributed by atoms with Gasteiger partial charge in [-0.25, -0.2) is 0 Å². The van der Waals surface area contributed by atoms with Gasteiger partial charge in [0.25, 0.3) is 5.91 Å². The number of ether oxygens (including phenoxy) is 2. The average molecular weight is 377 g/mol. The third-order valence-electron chi connectivity index (χ3n) is 4.38. The first-order valence-corrected chi connectivity index (χ1v) is 9.33. The fourth-order valence-corrected chi connectivity index (χ4v) is 3.97. The van der Waals surface area contributed by atoms with Gasteiger partial charge >= 0.3 is 0 Å². The number of rotatable bonds is 3. The SMILES string of the molecule is O=C(Nc1cccc2cn[nH]c12)c1ccc(-c2ccc3c(c2)OCCO3)s1. The molecule has 2 N–H and O–H groups in total. The first-order chi connectivity index (χ1) is 13.3. The predicted octanol–water partition coefficient (Wildman–Crippen LogP) is 4.31.